The Labute approximate surface area is 129 Å². The maximum absolute atomic E-state index is 5.85. The highest BCUT2D eigenvalue weighted by Gasteiger charge is 2.30. The predicted octanol–water partition coefficient (Wildman–Crippen LogP) is 3.01. The quantitative estimate of drug-likeness (QED) is 0.902. The van der Waals surface area contributed by atoms with Crippen LogP contribution in [-0.2, 0) is 11.2 Å². The van der Waals surface area contributed by atoms with Crippen molar-refractivity contribution in [2.24, 2.45) is 0 Å². The van der Waals surface area contributed by atoms with Crippen molar-refractivity contribution in [2.45, 2.75) is 58.4 Å². The van der Waals surface area contributed by atoms with Crippen LogP contribution in [0.2, 0.25) is 0 Å². The normalized spacial score (nSPS) is 26.5. The Hall–Kier alpha value is -0.900. The molecule has 1 aliphatic rings. The summed E-state index contributed by atoms with van der Waals surface area (Å²) in [6.45, 7) is 10.9. The standard InChI is InChI=1S/C18H30N2O/c1-6-16-7-9-17(10-8-16)18(19-5)15(4)20-11-13(2)21-14(3)12-20/h7-10,13-15,18-19H,6,11-12H2,1-5H3. The second-order valence-corrected chi connectivity index (χ2v) is 6.31. The molecule has 0 aromatic heterocycles. The van der Waals surface area contributed by atoms with Crippen LogP contribution in [0.15, 0.2) is 24.3 Å². The smallest absolute Gasteiger partial charge is 0.0678 e. The van der Waals surface area contributed by atoms with Crippen molar-refractivity contribution < 1.29 is 4.74 Å². The van der Waals surface area contributed by atoms with E-state index in [0.29, 0.717) is 24.3 Å². The molecule has 1 aromatic rings. The van der Waals surface area contributed by atoms with Gasteiger partial charge in [0.15, 0.2) is 0 Å². The first-order valence-electron chi connectivity index (χ1n) is 8.20. The molecule has 0 spiro atoms. The highest BCUT2D eigenvalue weighted by atomic mass is 16.5. The van der Waals surface area contributed by atoms with E-state index in [1.54, 1.807) is 0 Å². The van der Waals surface area contributed by atoms with Gasteiger partial charge in [-0.25, -0.2) is 0 Å². The van der Waals surface area contributed by atoms with Crippen LogP contribution in [0.3, 0.4) is 0 Å². The molecule has 0 amide bonds. The molecular weight excluding hydrogens is 260 g/mol. The lowest BCUT2D eigenvalue weighted by atomic mass is 9.97. The minimum absolute atomic E-state index is 0.316. The van der Waals surface area contributed by atoms with Gasteiger partial charge >= 0.3 is 0 Å². The number of likely N-dealkylation sites (N-methyl/N-ethyl adjacent to an activating group) is 1. The number of morpholine rings is 1. The summed E-state index contributed by atoms with van der Waals surface area (Å²) in [7, 11) is 2.06. The minimum Gasteiger partial charge on any atom is -0.373 e. The Morgan fingerprint density at radius 3 is 2.24 bits per heavy atom. The molecule has 0 radical (unpaired) electrons. The molecule has 118 valence electrons. The lowest BCUT2D eigenvalue weighted by molar-refractivity contribution is -0.0820. The highest BCUT2D eigenvalue weighted by molar-refractivity contribution is 5.26. The van der Waals surface area contributed by atoms with Gasteiger partial charge in [0.25, 0.3) is 0 Å². The molecule has 0 bridgehead atoms. The first-order valence-corrected chi connectivity index (χ1v) is 8.20. The van der Waals surface area contributed by atoms with E-state index in [4.69, 9.17) is 4.74 Å². The van der Waals surface area contributed by atoms with Crippen LogP contribution in [0.1, 0.15) is 44.9 Å². The Balaban J connectivity index is 2.11. The van der Waals surface area contributed by atoms with Crippen molar-refractivity contribution in [3.05, 3.63) is 35.4 Å². The third kappa shape index (κ3) is 4.06. The van der Waals surface area contributed by atoms with Crippen LogP contribution in [0.5, 0.6) is 0 Å². The summed E-state index contributed by atoms with van der Waals surface area (Å²) >= 11 is 0. The van der Waals surface area contributed by atoms with Crippen LogP contribution in [0, 0.1) is 0 Å². The minimum atomic E-state index is 0.316. The van der Waals surface area contributed by atoms with Gasteiger partial charge in [0.05, 0.1) is 12.2 Å². The van der Waals surface area contributed by atoms with E-state index in [1.807, 2.05) is 0 Å². The van der Waals surface area contributed by atoms with Gasteiger partial charge in [-0.2, -0.15) is 0 Å². The third-order valence-electron chi connectivity index (χ3n) is 4.56. The maximum Gasteiger partial charge on any atom is 0.0678 e. The van der Waals surface area contributed by atoms with E-state index in [0.717, 1.165) is 19.5 Å². The number of hydrogen-bond acceptors (Lipinski definition) is 3. The fraction of sp³-hybridized carbons (Fsp3) is 0.667. The Morgan fingerprint density at radius 2 is 1.76 bits per heavy atom. The number of nitrogens with zero attached hydrogens (tertiary/aromatic N) is 1. The van der Waals surface area contributed by atoms with E-state index in [1.165, 1.54) is 11.1 Å². The molecule has 1 N–H and O–H groups in total. The van der Waals surface area contributed by atoms with Gasteiger partial charge in [-0.15, -0.1) is 0 Å². The molecule has 21 heavy (non-hydrogen) atoms. The van der Waals surface area contributed by atoms with Gasteiger partial charge in [0, 0.05) is 25.2 Å². The molecule has 3 nitrogen and oxygen atoms in total. The van der Waals surface area contributed by atoms with Crippen LogP contribution >= 0.6 is 0 Å². The molecule has 1 aliphatic heterocycles. The van der Waals surface area contributed by atoms with E-state index < -0.39 is 0 Å². The zero-order valence-electron chi connectivity index (χ0n) is 14.1. The molecule has 1 saturated heterocycles. The van der Waals surface area contributed by atoms with Gasteiger partial charge in [0.2, 0.25) is 0 Å². The number of aryl methyl sites for hydroxylation is 1. The van der Waals surface area contributed by atoms with Gasteiger partial charge in [-0.3, -0.25) is 4.90 Å². The fourth-order valence-corrected chi connectivity index (χ4v) is 3.41. The van der Waals surface area contributed by atoms with Gasteiger partial charge < -0.3 is 10.1 Å². The Morgan fingerprint density at radius 1 is 1.19 bits per heavy atom. The van der Waals surface area contributed by atoms with Crippen molar-refractivity contribution in [3.8, 4) is 0 Å². The largest absolute Gasteiger partial charge is 0.373 e. The molecule has 1 heterocycles. The van der Waals surface area contributed by atoms with E-state index in [-0.39, 0.29) is 0 Å². The van der Waals surface area contributed by atoms with Crippen LogP contribution < -0.4 is 5.32 Å². The van der Waals surface area contributed by atoms with Gasteiger partial charge in [0.1, 0.15) is 0 Å². The van der Waals surface area contributed by atoms with E-state index in [2.05, 4.69) is 69.2 Å². The number of benzene rings is 1. The monoisotopic (exact) mass is 290 g/mol. The summed E-state index contributed by atoms with van der Waals surface area (Å²) in [5.41, 5.74) is 2.77. The topological polar surface area (TPSA) is 24.5 Å². The van der Waals surface area contributed by atoms with Gasteiger partial charge in [-0.05, 0) is 45.4 Å². The van der Waals surface area contributed by atoms with E-state index >= 15 is 0 Å². The second kappa shape index (κ2) is 7.39. The molecule has 4 unspecified atom stereocenters. The molecule has 1 aromatic carbocycles. The van der Waals surface area contributed by atoms with Crippen molar-refractivity contribution >= 4 is 0 Å². The van der Waals surface area contributed by atoms with Crippen LogP contribution in [0.25, 0.3) is 0 Å². The summed E-state index contributed by atoms with van der Waals surface area (Å²) < 4.78 is 5.85. The van der Waals surface area contributed by atoms with Crippen molar-refractivity contribution in [2.75, 3.05) is 20.1 Å². The van der Waals surface area contributed by atoms with Crippen molar-refractivity contribution in [1.29, 1.82) is 0 Å². The lowest BCUT2D eigenvalue weighted by Crippen LogP contribution is -2.52. The van der Waals surface area contributed by atoms with E-state index in [9.17, 15) is 0 Å². The first kappa shape index (κ1) is 16.5. The summed E-state index contributed by atoms with van der Waals surface area (Å²) in [5, 5.41) is 3.50. The first-order chi connectivity index (χ1) is 10.0. The summed E-state index contributed by atoms with van der Waals surface area (Å²) in [6, 6.07) is 9.84. The molecule has 4 atom stereocenters. The molecular formula is C18H30N2O. The average molecular weight is 290 g/mol. The van der Waals surface area contributed by atoms with Crippen molar-refractivity contribution in [1.82, 2.24) is 10.2 Å². The molecule has 3 heteroatoms. The SMILES string of the molecule is CCc1ccc(C(NC)C(C)N2CC(C)OC(C)C2)cc1. The average Bonchev–Trinajstić information content (AvgIpc) is 2.47. The Bertz CT molecular complexity index is 421. The fourth-order valence-electron chi connectivity index (χ4n) is 3.41. The van der Waals surface area contributed by atoms with Crippen LogP contribution in [-0.4, -0.2) is 43.3 Å². The zero-order valence-corrected chi connectivity index (χ0v) is 14.1. The summed E-state index contributed by atoms with van der Waals surface area (Å²) in [6.07, 6.45) is 1.73. The molecule has 0 saturated carbocycles. The van der Waals surface area contributed by atoms with Crippen LogP contribution in [0.4, 0.5) is 0 Å². The molecule has 2 rings (SSSR count). The highest BCUT2D eigenvalue weighted by Crippen LogP contribution is 2.24. The number of hydrogen-bond donors (Lipinski definition) is 1. The number of ether oxygens (including phenoxy) is 1. The van der Waals surface area contributed by atoms with Gasteiger partial charge in [-0.1, -0.05) is 31.2 Å². The second-order valence-electron chi connectivity index (χ2n) is 6.31. The summed E-state index contributed by atoms with van der Waals surface area (Å²) in [4.78, 5) is 2.55. The lowest BCUT2D eigenvalue weighted by Gasteiger charge is -2.41. The molecule has 1 fully saturated rings. The maximum atomic E-state index is 5.85. The zero-order chi connectivity index (χ0) is 15.4. The molecule has 0 aliphatic carbocycles. The third-order valence-corrected chi connectivity index (χ3v) is 4.56. The predicted molar refractivity (Wildman–Crippen MR) is 88.7 cm³/mol. The van der Waals surface area contributed by atoms with Crippen molar-refractivity contribution in [3.63, 3.8) is 0 Å². The number of nitrogens with one attached hydrogen (secondary N) is 1. The Kier molecular flexibility index (Phi) is 5.80. The summed E-state index contributed by atoms with van der Waals surface area (Å²) in [5.74, 6) is 0. The number of rotatable bonds is 5.